The Kier molecular flexibility index (Phi) is 15.5. The first-order valence-corrected chi connectivity index (χ1v) is 27.0. The summed E-state index contributed by atoms with van der Waals surface area (Å²) in [6, 6.07) is 12.9. The maximum absolute atomic E-state index is 15.2. The van der Waals surface area contributed by atoms with E-state index in [0.717, 1.165) is 23.1 Å². The van der Waals surface area contributed by atoms with Crippen LogP contribution in [-0.4, -0.2) is 97.7 Å². The Morgan fingerprint density at radius 3 is 2.31 bits per heavy atom. The van der Waals surface area contributed by atoms with Gasteiger partial charge in [0.1, 0.15) is 24.6 Å². The lowest BCUT2D eigenvalue weighted by atomic mass is 9.89. The number of nitrogens with one attached hydrogen (secondary N) is 5. The molecule has 22 heteroatoms. The number of benzene rings is 3. The van der Waals surface area contributed by atoms with E-state index in [4.69, 9.17) is 4.98 Å². The third-order valence-electron chi connectivity index (χ3n) is 13.1. The van der Waals surface area contributed by atoms with E-state index in [9.17, 15) is 32.1 Å². The second-order valence-corrected chi connectivity index (χ2v) is 22.3. The monoisotopic (exact) mass is 1070 g/mol. The number of halogens is 6. The summed E-state index contributed by atoms with van der Waals surface area (Å²) >= 11 is 3.48. The molecule has 0 spiro atoms. The Balaban J connectivity index is 0.867. The molecule has 3 aromatic carbocycles. The van der Waals surface area contributed by atoms with Crippen LogP contribution in [0.3, 0.4) is 0 Å². The number of nitrogens with zero attached hydrogens (tertiary/aromatic N) is 5. The van der Waals surface area contributed by atoms with E-state index in [0.29, 0.717) is 85.1 Å². The average Bonchev–Trinajstić information content (AvgIpc) is 3.82. The Morgan fingerprint density at radius 1 is 0.901 bits per heavy atom. The van der Waals surface area contributed by atoms with Gasteiger partial charge in [-0.05, 0) is 110 Å². The standard InChI is InChI=1S/C49H55BrF5N10O5P/c1-5-27-21-39(61-48-58-25-34(50)45(63-48)60-38-11-10-37-32(44(38)71(3,4)69)8-7-29(6-2)59-37)41(70-49(53,54)55)24-40(27)64-19-14-30(15-20-64)56-16-17-57-46(67)28-13-18-65(26-28)31-22-35(51)43(36(52)23-31)33-9-12-42(66)62-47(33)68/h7-8,10-11,21-25,28,30,33,56H,5-6,9,12-20,26H2,1-4H3,(H,57,67)(H,62,66,68)(H2,58,60,61,63)/t28-,33-/m1/s1. The predicted octanol–water partition coefficient (Wildman–Crippen LogP) is 8.55. The molecule has 3 fully saturated rings. The van der Waals surface area contributed by atoms with Gasteiger partial charge in [0.05, 0.1) is 33.2 Å². The molecule has 3 aliphatic rings. The van der Waals surface area contributed by atoms with E-state index in [-0.39, 0.29) is 60.0 Å². The highest BCUT2D eigenvalue weighted by Gasteiger charge is 2.36. The van der Waals surface area contributed by atoms with Crippen LogP contribution in [0.1, 0.15) is 68.7 Å². The minimum Gasteiger partial charge on any atom is -0.403 e. The Bertz CT molecular complexity index is 2880. The molecular formula is C49H55BrF5N10O5P. The smallest absolute Gasteiger partial charge is 0.403 e. The summed E-state index contributed by atoms with van der Waals surface area (Å²) < 4.78 is 91.1. The molecule has 0 bridgehead atoms. The molecule has 5 heterocycles. The summed E-state index contributed by atoms with van der Waals surface area (Å²) in [6.45, 7) is 9.84. The number of ether oxygens (including phenoxy) is 1. The van der Waals surface area contributed by atoms with Crippen molar-refractivity contribution >= 4 is 91.5 Å². The number of hydrogen-bond acceptors (Lipinski definition) is 13. The highest BCUT2D eigenvalue weighted by molar-refractivity contribution is 9.10. The first-order valence-electron chi connectivity index (χ1n) is 23.6. The number of alkyl halides is 3. The molecule has 378 valence electrons. The number of carbonyl (C=O) groups is 3. The number of imide groups is 1. The van der Waals surface area contributed by atoms with Crippen LogP contribution in [-0.2, 0) is 31.8 Å². The minimum atomic E-state index is -5.00. The number of pyridine rings is 1. The van der Waals surface area contributed by atoms with Crippen molar-refractivity contribution in [3.8, 4) is 5.75 Å². The number of aromatic nitrogens is 3. The molecule has 5 aromatic rings. The SMILES string of the molecule is CCc1ccc2c(P(C)(C)=O)c(Nc3nc(Nc4cc(CC)c(N5CCC(NCCNC(=O)[C@@H]6CCN(c7cc(F)c([C@H]8CCC(=O)NC8=O)c(F)c7)C6)CC5)cc4OC(F)(F)F)ncc3Br)ccc2n1. The van der Waals surface area contributed by atoms with Crippen molar-refractivity contribution in [3.63, 3.8) is 0 Å². The first-order chi connectivity index (χ1) is 33.8. The second-order valence-electron chi connectivity index (χ2n) is 18.3. The van der Waals surface area contributed by atoms with Gasteiger partial charge in [-0.3, -0.25) is 24.7 Å². The van der Waals surface area contributed by atoms with Crippen LogP contribution in [0.25, 0.3) is 10.9 Å². The van der Waals surface area contributed by atoms with Crippen molar-refractivity contribution in [2.45, 2.75) is 77.1 Å². The number of aryl methyl sites for hydroxylation is 2. The van der Waals surface area contributed by atoms with Gasteiger partial charge in [0.2, 0.25) is 23.7 Å². The lowest BCUT2D eigenvalue weighted by molar-refractivity contribution is -0.274. The molecule has 3 saturated heterocycles. The molecule has 71 heavy (non-hydrogen) atoms. The topological polar surface area (TPSA) is 183 Å². The van der Waals surface area contributed by atoms with Gasteiger partial charge < -0.3 is 40.4 Å². The fourth-order valence-electron chi connectivity index (χ4n) is 9.56. The number of carbonyl (C=O) groups excluding carboxylic acids is 3. The van der Waals surface area contributed by atoms with Gasteiger partial charge in [0.25, 0.3) is 0 Å². The predicted molar refractivity (Wildman–Crippen MR) is 267 cm³/mol. The Morgan fingerprint density at radius 2 is 1.63 bits per heavy atom. The van der Waals surface area contributed by atoms with Crippen molar-refractivity contribution < 1.29 is 45.6 Å². The van der Waals surface area contributed by atoms with E-state index < -0.39 is 54.5 Å². The first kappa shape index (κ1) is 51.4. The molecule has 2 aromatic heterocycles. The zero-order chi connectivity index (χ0) is 50.8. The van der Waals surface area contributed by atoms with Crippen LogP contribution in [0.4, 0.5) is 56.5 Å². The highest BCUT2D eigenvalue weighted by atomic mass is 79.9. The largest absolute Gasteiger partial charge is 0.573 e. The van der Waals surface area contributed by atoms with Crippen LogP contribution in [0, 0.1) is 17.6 Å². The molecule has 15 nitrogen and oxygen atoms in total. The molecule has 5 N–H and O–H groups in total. The summed E-state index contributed by atoms with van der Waals surface area (Å²) in [5.74, 6) is -4.83. The molecule has 0 saturated carbocycles. The number of amides is 3. The van der Waals surface area contributed by atoms with E-state index >= 15 is 8.78 Å². The summed E-state index contributed by atoms with van der Waals surface area (Å²) in [5, 5.41) is 16.1. The fraction of sp³-hybridized carbons (Fsp3) is 0.429. The van der Waals surface area contributed by atoms with E-state index in [1.807, 2.05) is 36.9 Å². The number of hydrogen-bond donors (Lipinski definition) is 5. The summed E-state index contributed by atoms with van der Waals surface area (Å²) in [6.07, 6.45) is -0.443. The summed E-state index contributed by atoms with van der Waals surface area (Å²) in [7, 11) is -2.88. The summed E-state index contributed by atoms with van der Waals surface area (Å²) in [4.78, 5) is 54.3. The van der Waals surface area contributed by atoms with Gasteiger partial charge in [-0.2, -0.15) is 4.98 Å². The lowest BCUT2D eigenvalue weighted by Crippen LogP contribution is -2.45. The molecule has 0 aliphatic carbocycles. The van der Waals surface area contributed by atoms with Crippen LogP contribution in [0.5, 0.6) is 5.75 Å². The zero-order valence-corrected chi connectivity index (χ0v) is 42.1. The zero-order valence-electron chi connectivity index (χ0n) is 39.6. The molecule has 8 rings (SSSR count). The van der Waals surface area contributed by atoms with Gasteiger partial charge in [-0.25, -0.2) is 13.8 Å². The number of fused-ring (bicyclic) bond motifs is 1. The minimum absolute atomic E-state index is 0.00939. The summed E-state index contributed by atoms with van der Waals surface area (Å²) in [5.41, 5.74) is 3.44. The fourth-order valence-corrected chi connectivity index (χ4v) is 11.3. The van der Waals surface area contributed by atoms with Gasteiger partial charge in [-0.1, -0.05) is 19.9 Å². The highest BCUT2D eigenvalue weighted by Crippen LogP contribution is 2.43. The third kappa shape index (κ3) is 12.1. The van der Waals surface area contributed by atoms with Crippen molar-refractivity contribution in [3.05, 3.63) is 87.7 Å². The Labute approximate surface area is 416 Å². The van der Waals surface area contributed by atoms with Gasteiger partial charge in [-0.15, -0.1) is 13.2 Å². The maximum atomic E-state index is 15.2. The molecule has 3 amide bonds. The van der Waals surface area contributed by atoms with E-state index in [1.54, 1.807) is 30.4 Å². The van der Waals surface area contributed by atoms with E-state index in [2.05, 4.69) is 57.2 Å². The molecule has 0 radical (unpaired) electrons. The number of anilines is 6. The lowest BCUT2D eigenvalue weighted by Gasteiger charge is -2.35. The van der Waals surface area contributed by atoms with E-state index in [1.165, 1.54) is 24.4 Å². The molecule has 2 atom stereocenters. The van der Waals surface area contributed by atoms with Crippen molar-refractivity contribution in [1.82, 2.24) is 30.9 Å². The average molecular weight is 1070 g/mol. The van der Waals surface area contributed by atoms with Gasteiger partial charge in [0, 0.05) is 97.3 Å². The normalized spacial score (nSPS) is 17.9. The molecular weight excluding hydrogens is 1010 g/mol. The van der Waals surface area contributed by atoms with Gasteiger partial charge in [0.15, 0.2) is 5.75 Å². The van der Waals surface area contributed by atoms with Crippen molar-refractivity contribution in [1.29, 1.82) is 0 Å². The quantitative estimate of drug-likeness (QED) is 0.0275. The molecule has 3 aliphatic heterocycles. The van der Waals surface area contributed by atoms with Crippen LogP contribution in [0.2, 0.25) is 0 Å². The molecule has 0 unspecified atom stereocenters. The van der Waals surface area contributed by atoms with Crippen LogP contribution in [0.15, 0.2) is 59.2 Å². The second kappa shape index (κ2) is 21.4. The van der Waals surface area contributed by atoms with Crippen molar-refractivity contribution in [2.75, 3.05) is 73.0 Å². The van der Waals surface area contributed by atoms with Crippen LogP contribution >= 0.6 is 23.1 Å². The number of rotatable bonds is 16. The van der Waals surface area contributed by atoms with Crippen molar-refractivity contribution in [2.24, 2.45) is 5.92 Å². The third-order valence-corrected chi connectivity index (χ3v) is 15.2. The number of piperidine rings is 2. The van der Waals surface area contributed by atoms with Gasteiger partial charge >= 0.3 is 6.36 Å². The van der Waals surface area contributed by atoms with Crippen LogP contribution < -0.4 is 46.4 Å². The maximum Gasteiger partial charge on any atom is 0.573 e. The Hall–Kier alpha value is -5.92.